The van der Waals surface area contributed by atoms with Gasteiger partial charge in [-0.2, -0.15) is 9.80 Å². The normalized spacial score (nSPS) is 11.6. The number of azo groups is 1. The molecule has 0 amide bonds. The summed E-state index contributed by atoms with van der Waals surface area (Å²) in [5.74, 6) is -0.563. The van der Waals surface area contributed by atoms with Crippen LogP contribution in [0.4, 0.5) is 17.1 Å². The number of hydrogen-bond donors (Lipinski definition) is 2. The molecule has 0 aliphatic carbocycles. The fourth-order valence-corrected chi connectivity index (χ4v) is 4.22. The standard InChI is InChI=1S/C23H18ClN5O4S/c1-15-21(23(31)29(27-15)22(30)16-7-9-17(24)10-8-16)26-25-18-11-13-20(14-12-18)34(32,33)28-19-5-3-2-4-6-19/h2-14,27-28H,1H3. The average molecular weight is 496 g/mol. The van der Waals surface area contributed by atoms with Gasteiger partial charge in [0.05, 0.1) is 16.3 Å². The summed E-state index contributed by atoms with van der Waals surface area (Å²) in [6.45, 7) is 1.59. The van der Waals surface area contributed by atoms with Gasteiger partial charge >= 0.3 is 5.56 Å². The van der Waals surface area contributed by atoms with E-state index in [-0.39, 0.29) is 16.1 Å². The predicted octanol–water partition coefficient (Wildman–Crippen LogP) is 5.04. The van der Waals surface area contributed by atoms with Gasteiger partial charge in [-0.1, -0.05) is 29.8 Å². The molecule has 0 atom stereocenters. The zero-order valence-corrected chi connectivity index (χ0v) is 19.3. The Kier molecular flexibility index (Phi) is 6.44. The number of rotatable bonds is 6. The molecule has 2 N–H and O–H groups in total. The van der Waals surface area contributed by atoms with Gasteiger partial charge in [0.15, 0.2) is 5.69 Å². The monoisotopic (exact) mass is 495 g/mol. The fourth-order valence-electron chi connectivity index (χ4n) is 3.04. The lowest BCUT2D eigenvalue weighted by Crippen LogP contribution is -2.25. The van der Waals surface area contributed by atoms with E-state index in [4.69, 9.17) is 11.6 Å². The van der Waals surface area contributed by atoms with Crippen molar-refractivity contribution in [2.75, 3.05) is 4.72 Å². The number of benzene rings is 3. The molecule has 0 spiro atoms. The van der Waals surface area contributed by atoms with Crippen molar-refractivity contribution >= 4 is 44.6 Å². The number of sulfonamides is 1. The minimum absolute atomic E-state index is 0.0373. The van der Waals surface area contributed by atoms with Gasteiger partial charge in [0.2, 0.25) is 0 Å². The Bertz CT molecular complexity index is 1530. The maximum absolute atomic E-state index is 12.7. The number of para-hydroxylation sites is 1. The van der Waals surface area contributed by atoms with E-state index in [2.05, 4.69) is 20.0 Å². The minimum atomic E-state index is -3.77. The Morgan fingerprint density at radius 3 is 2.24 bits per heavy atom. The predicted molar refractivity (Wildman–Crippen MR) is 129 cm³/mol. The zero-order valence-electron chi connectivity index (χ0n) is 17.8. The molecule has 4 aromatic rings. The number of aromatic amines is 1. The molecule has 1 aromatic heterocycles. The number of carbonyl (C=O) groups is 1. The lowest BCUT2D eigenvalue weighted by molar-refractivity contribution is 0.0941. The summed E-state index contributed by atoms with van der Waals surface area (Å²) in [6, 6.07) is 20.3. The molecule has 4 rings (SSSR count). The maximum atomic E-state index is 12.7. The van der Waals surface area contributed by atoms with E-state index < -0.39 is 21.5 Å². The lowest BCUT2D eigenvalue weighted by Gasteiger charge is -2.07. The average Bonchev–Trinajstić information content (AvgIpc) is 3.11. The SMILES string of the molecule is Cc1[nH]n(C(=O)c2ccc(Cl)cc2)c(=O)c1N=Nc1ccc(S(=O)(=O)Nc2ccccc2)cc1. The van der Waals surface area contributed by atoms with Gasteiger partial charge in [-0.15, -0.1) is 5.11 Å². The van der Waals surface area contributed by atoms with Crippen LogP contribution in [-0.4, -0.2) is 24.1 Å². The van der Waals surface area contributed by atoms with E-state index in [0.717, 1.165) is 4.68 Å². The lowest BCUT2D eigenvalue weighted by atomic mass is 10.2. The first-order chi connectivity index (χ1) is 16.2. The molecule has 0 bridgehead atoms. The highest BCUT2D eigenvalue weighted by molar-refractivity contribution is 7.92. The van der Waals surface area contributed by atoms with Gasteiger partial charge in [0, 0.05) is 16.3 Å². The van der Waals surface area contributed by atoms with Gasteiger partial charge in [0.1, 0.15) is 0 Å². The number of nitrogens with zero attached hydrogens (tertiary/aromatic N) is 3. The summed E-state index contributed by atoms with van der Waals surface area (Å²) in [5.41, 5.74) is 0.699. The quantitative estimate of drug-likeness (QED) is 0.363. The van der Waals surface area contributed by atoms with Gasteiger partial charge in [-0.05, 0) is 67.6 Å². The molecule has 9 nitrogen and oxygen atoms in total. The van der Waals surface area contributed by atoms with Crippen LogP contribution in [0.25, 0.3) is 0 Å². The van der Waals surface area contributed by atoms with Crippen LogP contribution in [0.3, 0.4) is 0 Å². The third kappa shape index (κ3) is 4.98. The van der Waals surface area contributed by atoms with Gasteiger partial charge < -0.3 is 0 Å². The third-order valence-corrected chi connectivity index (χ3v) is 6.42. The van der Waals surface area contributed by atoms with Crippen LogP contribution < -0.4 is 10.3 Å². The Balaban J connectivity index is 1.53. The first-order valence-electron chi connectivity index (χ1n) is 9.96. The molecule has 1 heterocycles. The second-order valence-corrected chi connectivity index (χ2v) is 9.32. The third-order valence-electron chi connectivity index (χ3n) is 4.77. The first-order valence-corrected chi connectivity index (χ1v) is 11.8. The Morgan fingerprint density at radius 2 is 1.59 bits per heavy atom. The number of anilines is 1. The molecular formula is C23H18ClN5O4S. The molecule has 0 aliphatic rings. The van der Waals surface area contributed by atoms with E-state index in [9.17, 15) is 18.0 Å². The first kappa shape index (κ1) is 23.1. The largest absolute Gasteiger partial charge is 0.302 e. The van der Waals surface area contributed by atoms with E-state index >= 15 is 0 Å². The van der Waals surface area contributed by atoms with Crippen LogP contribution in [0.2, 0.25) is 5.02 Å². The molecule has 0 fully saturated rings. The van der Waals surface area contributed by atoms with Crippen LogP contribution in [0.15, 0.2) is 98.8 Å². The van der Waals surface area contributed by atoms with Crippen molar-refractivity contribution in [2.45, 2.75) is 11.8 Å². The Hall–Kier alpha value is -4.02. The van der Waals surface area contributed by atoms with Crippen LogP contribution in [-0.2, 0) is 10.0 Å². The van der Waals surface area contributed by atoms with Crippen molar-refractivity contribution in [3.05, 3.63) is 105 Å². The molecule has 0 aliphatic heterocycles. The van der Waals surface area contributed by atoms with Gasteiger partial charge in [0.25, 0.3) is 15.9 Å². The van der Waals surface area contributed by atoms with Crippen molar-refractivity contribution in [1.82, 2.24) is 9.78 Å². The summed E-state index contributed by atoms with van der Waals surface area (Å²) in [6.07, 6.45) is 0. The molecule has 0 radical (unpaired) electrons. The van der Waals surface area contributed by atoms with Gasteiger partial charge in [-0.25, -0.2) is 8.42 Å². The van der Waals surface area contributed by atoms with Crippen molar-refractivity contribution in [1.29, 1.82) is 0 Å². The van der Waals surface area contributed by atoms with Gasteiger partial charge in [-0.3, -0.25) is 19.4 Å². The van der Waals surface area contributed by atoms with Crippen molar-refractivity contribution in [3.63, 3.8) is 0 Å². The van der Waals surface area contributed by atoms with Crippen LogP contribution in [0, 0.1) is 6.92 Å². The summed E-state index contributed by atoms with van der Waals surface area (Å²) in [4.78, 5) is 25.4. The molecule has 11 heteroatoms. The van der Waals surface area contributed by atoms with Crippen LogP contribution >= 0.6 is 11.6 Å². The number of aryl methyl sites for hydroxylation is 1. The summed E-state index contributed by atoms with van der Waals surface area (Å²) in [5, 5.41) is 11.1. The maximum Gasteiger partial charge on any atom is 0.302 e. The van der Waals surface area contributed by atoms with E-state index in [1.807, 2.05) is 0 Å². The van der Waals surface area contributed by atoms with Crippen LogP contribution in [0.5, 0.6) is 0 Å². The number of halogens is 1. The smallest absolute Gasteiger partial charge is 0.290 e. The zero-order chi connectivity index (χ0) is 24.3. The molecule has 0 unspecified atom stereocenters. The minimum Gasteiger partial charge on any atom is -0.290 e. The summed E-state index contributed by atoms with van der Waals surface area (Å²) >= 11 is 5.84. The van der Waals surface area contributed by atoms with E-state index in [0.29, 0.717) is 22.1 Å². The molecule has 3 aromatic carbocycles. The fraction of sp³-hybridized carbons (Fsp3) is 0.0435. The number of carbonyl (C=O) groups excluding carboxylic acids is 1. The molecule has 0 saturated carbocycles. The van der Waals surface area contributed by atoms with E-state index in [1.54, 1.807) is 49.4 Å². The van der Waals surface area contributed by atoms with Crippen molar-refractivity contribution < 1.29 is 13.2 Å². The molecule has 172 valence electrons. The molecular weight excluding hydrogens is 478 g/mol. The van der Waals surface area contributed by atoms with Crippen molar-refractivity contribution in [3.8, 4) is 0 Å². The second-order valence-electron chi connectivity index (χ2n) is 7.20. The van der Waals surface area contributed by atoms with Crippen molar-refractivity contribution in [2.24, 2.45) is 10.2 Å². The topological polar surface area (TPSA) is 126 Å². The van der Waals surface area contributed by atoms with Crippen LogP contribution in [0.1, 0.15) is 16.1 Å². The molecule has 0 saturated heterocycles. The number of nitrogens with one attached hydrogen (secondary N) is 2. The summed E-state index contributed by atoms with van der Waals surface area (Å²) in [7, 11) is -3.77. The highest BCUT2D eigenvalue weighted by Crippen LogP contribution is 2.22. The Labute approximate surface area is 199 Å². The number of hydrogen-bond acceptors (Lipinski definition) is 6. The second kappa shape index (κ2) is 9.46. The van der Waals surface area contributed by atoms with E-state index in [1.165, 1.54) is 36.4 Å². The highest BCUT2D eigenvalue weighted by atomic mass is 35.5. The Morgan fingerprint density at radius 1 is 0.941 bits per heavy atom. The number of H-pyrrole nitrogens is 1. The number of aromatic nitrogens is 2. The highest BCUT2D eigenvalue weighted by Gasteiger charge is 2.18. The molecule has 34 heavy (non-hydrogen) atoms. The summed E-state index contributed by atoms with van der Waals surface area (Å²) < 4.78 is 28.4.